The van der Waals surface area contributed by atoms with Crippen LogP contribution in [0, 0.1) is 0 Å². The first-order valence-corrected chi connectivity index (χ1v) is 6.26. The Morgan fingerprint density at radius 2 is 1.95 bits per heavy atom. The highest BCUT2D eigenvalue weighted by atomic mass is 16.5. The Bertz CT molecular complexity index is 389. The third-order valence-corrected chi connectivity index (χ3v) is 2.49. The predicted octanol–water partition coefficient (Wildman–Crippen LogP) is 1.84. The van der Waals surface area contributed by atoms with Gasteiger partial charge in [0.15, 0.2) is 0 Å². The number of ether oxygens (including phenoxy) is 2. The molecule has 0 aliphatic carbocycles. The molecule has 19 heavy (non-hydrogen) atoms. The van der Waals surface area contributed by atoms with Gasteiger partial charge in [0.1, 0.15) is 11.8 Å². The minimum absolute atomic E-state index is 0.0981. The van der Waals surface area contributed by atoms with Gasteiger partial charge in [-0.3, -0.25) is 10.1 Å². The molecule has 0 fully saturated rings. The average molecular weight is 267 g/mol. The van der Waals surface area contributed by atoms with Crippen LogP contribution in [0.4, 0.5) is 0 Å². The molecule has 1 aromatic carbocycles. The van der Waals surface area contributed by atoms with Gasteiger partial charge in [0.05, 0.1) is 12.7 Å². The molecule has 1 atom stereocenters. The summed E-state index contributed by atoms with van der Waals surface area (Å²) in [6, 6.07) is 6.35. The summed E-state index contributed by atoms with van der Waals surface area (Å²) in [6.07, 6.45) is 0.0981. The molecule has 1 rings (SSSR count). The van der Waals surface area contributed by atoms with Gasteiger partial charge in [-0.05, 0) is 31.5 Å². The number of rotatable bonds is 8. The molecule has 1 aromatic rings. The molecule has 106 valence electrons. The van der Waals surface area contributed by atoms with Gasteiger partial charge in [-0.15, -0.1) is 0 Å². The molecule has 0 bridgehead atoms. The first-order chi connectivity index (χ1) is 9.04. The molecule has 2 N–H and O–H groups in total. The molecule has 0 saturated heterocycles. The quantitative estimate of drug-likeness (QED) is 0.703. The molecular formula is C14H21NO4. The second-order valence-corrected chi connectivity index (χ2v) is 4.45. The van der Waals surface area contributed by atoms with Crippen molar-refractivity contribution in [2.45, 2.75) is 26.0 Å². The van der Waals surface area contributed by atoms with E-state index in [0.717, 1.165) is 5.75 Å². The summed E-state index contributed by atoms with van der Waals surface area (Å²) in [6.45, 7) is 4.84. The molecule has 0 radical (unpaired) electrons. The topological polar surface area (TPSA) is 67.8 Å². The Balaban J connectivity index is 2.71. The number of benzene rings is 1. The predicted molar refractivity (Wildman–Crippen MR) is 72.5 cm³/mol. The van der Waals surface area contributed by atoms with E-state index >= 15 is 0 Å². The molecular weight excluding hydrogens is 246 g/mol. The van der Waals surface area contributed by atoms with Gasteiger partial charge in [-0.2, -0.15) is 0 Å². The van der Waals surface area contributed by atoms with Crippen molar-refractivity contribution in [3.05, 3.63) is 29.8 Å². The zero-order chi connectivity index (χ0) is 14.3. The van der Waals surface area contributed by atoms with Gasteiger partial charge in [0, 0.05) is 13.7 Å². The van der Waals surface area contributed by atoms with Gasteiger partial charge < -0.3 is 14.6 Å². The number of carboxylic acids is 1. The van der Waals surface area contributed by atoms with Crippen molar-refractivity contribution >= 4 is 5.97 Å². The van der Waals surface area contributed by atoms with Gasteiger partial charge in [-0.1, -0.05) is 12.1 Å². The van der Waals surface area contributed by atoms with Crippen LogP contribution >= 0.6 is 0 Å². The third-order valence-electron chi connectivity index (χ3n) is 2.49. The van der Waals surface area contributed by atoms with Crippen molar-refractivity contribution in [3.63, 3.8) is 0 Å². The summed E-state index contributed by atoms with van der Waals surface area (Å²) >= 11 is 0. The van der Waals surface area contributed by atoms with Crippen LogP contribution in [0.2, 0.25) is 0 Å². The van der Waals surface area contributed by atoms with Crippen LogP contribution in [-0.2, 0) is 9.53 Å². The van der Waals surface area contributed by atoms with Crippen LogP contribution in [-0.4, -0.2) is 37.4 Å². The summed E-state index contributed by atoms with van der Waals surface area (Å²) in [4.78, 5) is 11.2. The van der Waals surface area contributed by atoms with Crippen molar-refractivity contribution in [2.24, 2.45) is 0 Å². The maximum Gasteiger partial charge on any atom is 0.325 e. The van der Waals surface area contributed by atoms with Crippen molar-refractivity contribution in [1.29, 1.82) is 0 Å². The normalized spacial score (nSPS) is 12.4. The number of nitrogens with one attached hydrogen (secondary N) is 1. The van der Waals surface area contributed by atoms with Gasteiger partial charge in [0.2, 0.25) is 0 Å². The van der Waals surface area contributed by atoms with E-state index in [0.29, 0.717) is 18.7 Å². The van der Waals surface area contributed by atoms with Crippen molar-refractivity contribution in [1.82, 2.24) is 5.32 Å². The first-order valence-electron chi connectivity index (χ1n) is 6.26. The minimum Gasteiger partial charge on any atom is -0.491 e. The Morgan fingerprint density at radius 1 is 1.32 bits per heavy atom. The van der Waals surface area contributed by atoms with Crippen LogP contribution < -0.4 is 10.1 Å². The van der Waals surface area contributed by atoms with E-state index < -0.39 is 12.0 Å². The van der Waals surface area contributed by atoms with Gasteiger partial charge in [-0.25, -0.2) is 0 Å². The molecule has 0 aliphatic rings. The van der Waals surface area contributed by atoms with Crippen molar-refractivity contribution in [2.75, 3.05) is 20.3 Å². The van der Waals surface area contributed by atoms with Crippen molar-refractivity contribution in [3.8, 4) is 5.75 Å². The van der Waals surface area contributed by atoms with E-state index in [1.807, 2.05) is 13.8 Å². The second-order valence-electron chi connectivity index (χ2n) is 4.45. The zero-order valence-corrected chi connectivity index (χ0v) is 11.6. The fraction of sp³-hybridized carbons (Fsp3) is 0.500. The molecule has 0 amide bonds. The van der Waals surface area contributed by atoms with E-state index in [4.69, 9.17) is 9.47 Å². The Labute approximate surface area is 113 Å². The maximum atomic E-state index is 11.2. The van der Waals surface area contributed by atoms with Gasteiger partial charge in [0.25, 0.3) is 0 Å². The van der Waals surface area contributed by atoms with Crippen LogP contribution in [0.1, 0.15) is 25.5 Å². The highest BCUT2D eigenvalue weighted by Gasteiger charge is 2.18. The maximum absolute atomic E-state index is 11.2. The Hall–Kier alpha value is -1.59. The summed E-state index contributed by atoms with van der Waals surface area (Å²) in [5, 5.41) is 12.1. The zero-order valence-electron chi connectivity index (χ0n) is 11.6. The Morgan fingerprint density at radius 3 is 2.42 bits per heavy atom. The van der Waals surface area contributed by atoms with E-state index in [9.17, 15) is 9.90 Å². The molecule has 0 aliphatic heterocycles. The number of aliphatic carboxylic acids is 1. The summed E-state index contributed by atoms with van der Waals surface area (Å²) in [5.74, 6) is -0.173. The standard InChI is InChI=1S/C14H21NO4/c1-10(2)19-12-6-4-11(5-7-12)13(14(16)17)15-8-9-18-3/h4-7,10,13,15H,8-9H2,1-3H3,(H,16,17). The summed E-state index contributed by atoms with van der Waals surface area (Å²) in [7, 11) is 1.58. The molecule has 0 saturated carbocycles. The molecule has 0 aromatic heterocycles. The van der Waals surface area contributed by atoms with E-state index in [2.05, 4.69) is 5.32 Å². The molecule has 5 heteroatoms. The number of carboxylic acid groups (broad SMARTS) is 1. The van der Waals surface area contributed by atoms with Crippen LogP contribution in [0.25, 0.3) is 0 Å². The second kappa shape index (κ2) is 7.76. The SMILES string of the molecule is COCCNC(C(=O)O)c1ccc(OC(C)C)cc1. The smallest absolute Gasteiger partial charge is 0.325 e. The highest BCUT2D eigenvalue weighted by molar-refractivity contribution is 5.75. The van der Waals surface area contributed by atoms with E-state index in [1.54, 1.807) is 31.4 Å². The third kappa shape index (κ3) is 5.28. The molecule has 0 spiro atoms. The van der Waals surface area contributed by atoms with Crippen molar-refractivity contribution < 1.29 is 19.4 Å². The van der Waals surface area contributed by atoms with E-state index in [-0.39, 0.29) is 6.10 Å². The van der Waals surface area contributed by atoms with E-state index in [1.165, 1.54) is 0 Å². The average Bonchev–Trinajstić information content (AvgIpc) is 2.35. The van der Waals surface area contributed by atoms with Crippen LogP contribution in [0.5, 0.6) is 5.75 Å². The molecule has 0 heterocycles. The summed E-state index contributed by atoms with van der Waals surface area (Å²) < 4.78 is 10.4. The number of hydrogen-bond donors (Lipinski definition) is 2. The van der Waals surface area contributed by atoms with Gasteiger partial charge >= 0.3 is 5.97 Å². The monoisotopic (exact) mass is 267 g/mol. The highest BCUT2D eigenvalue weighted by Crippen LogP contribution is 2.19. The minimum atomic E-state index is -0.909. The molecule has 1 unspecified atom stereocenters. The largest absolute Gasteiger partial charge is 0.491 e. The molecule has 5 nitrogen and oxygen atoms in total. The number of hydrogen-bond acceptors (Lipinski definition) is 4. The first kappa shape index (κ1) is 15.5. The number of methoxy groups -OCH3 is 1. The number of carbonyl (C=O) groups is 1. The van der Waals surface area contributed by atoms with Crippen LogP contribution in [0.15, 0.2) is 24.3 Å². The lowest BCUT2D eigenvalue weighted by atomic mass is 10.1. The summed E-state index contributed by atoms with van der Waals surface area (Å²) in [5.41, 5.74) is 0.694. The fourth-order valence-electron chi connectivity index (χ4n) is 1.66. The lowest BCUT2D eigenvalue weighted by molar-refractivity contribution is -0.139. The lowest BCUT2D eigenvalue weighted by Gasteiger charge is -2.16. The van der Waals surface area contributed by atoms with Crippen LogP contribution in [0.3, 0.4) is 0 Å². The Kier molecular flexibility index (Phi) is 6.32. The fourth-order valence-corrected chi connectivity index (χ4v) is 1.66. The lowest BCUT2D eigenvalue weighted by Crippen LogP contribution is -2.31.